The number of benzene rings is 2. The summed E-state index contributed by atoms with van der Waals surface area (Å²) in [5.74, 6) is -0.394. The van der Waals surface area contributed by atoms with Crippen LogP contribution in [0.15, 0.2) is 54.6 Å². The molecule has 0 amide bonds. The van der Waals surface area contributed by atoms with Crippen molar-refractivity contribution in [3.8, 4) is 0 Å². The molecule has 2 aromatic carbocycles. The normalized spacial score (nSPS) is 10.8. The SMILES string of the molecule is O=C(/C=C/c1cccc(F)c1)c1ccc(I)cc1. The monoisotopic (exact) mass is 352 g/mol. The Labute approximate surface area is 118 Å². The predicted molar refractivity (Wildman–Crippen MR) is 78.9 cm³/mol. The van der Waals surface area contributed by atoms with Gasteiger partial charge >= 0.3 is 0 Å². The van der Waals surface area contributed by atoms with Crippen molar-refractivity contribution in [2.75, 3.05) is 0 Å². The lowest BCUT2D eigenvalue weighted by molar-refractivity contribution is 0.104. The molecule has 0 spiro atoms. The maximum Gasteiger partial charge on any atom is 0.185 e. The molecule has 0 saturated heterocycles. The summed E-state index contributed by atoms with van der Waals surface area (Å²) < 4.78 is 14.0. The van der Waals surface area contributed by atoms with E-state index in [1.807, 2.05) is 12.1 Å². The number of hydrogen-bond acceptors (Lipinski definition) is 1. The van der Waals surface area contributed by atoms with Crippen LogP contribution in [0.5, 0.6) is 0 Å². The van der Waals surface area contributed by atoms with Gasteiger partial charge in [0.2, 0.25) is 0 Å². The van der Waals surface area contributed by atoms with Crippen LogP contribution in [0.25, 0.3) is 6.08 Å². The Kier molecular flexibility index (Phi) is 4.25. The van der Waals surface area contributed by atoms with Crippen LogP contribution in [0.1, 0.15) is 15.9 Å². The summed E-state index contributed by atoms with van der Waals surface area (Å²) in [5.41, 5.74) is 1.30. The van der Waals surface area contributed by atoms with Crippen LogP contribution in [-0.2, 0) is 0 Å². The lowest BCUT2D eigenvalue weighted by atomic mass is 10.1. The average Bonchev–Trinajstić information content (AvgIpc) is 2.37. The molecule has 0 aliphatic rings. The molecule has 0 N–H and O–H groups in total. The van der Waals surface area contributed by atoms with Crippen molar-refractivity contribution in [3.63, 3.8) is 0 Å². The third-order valence-electron chi connectivity index (χ3n) is 2.40. The van der Waals surface area contributed by atoms with Crippen LogP contribution in [0.3, 0.4) is 0 Å². The van der Waals surface area contributed by atoms with Gasteiger partial charge in [-0.1, -0.05) is 30.3 Å². The highest BCUT2D eigenvalue weighted by Crippen LogP contribution is 2.10. The lowest BCUT2D eigenvalue weighted by Crippen LogP contribution is -1.93. The van der Waals surface area contributed by atoms with Gasteiger partial charge in [-0.2, -0.15) is 0 Å². The smallest absolute Gasteiger partial charge is 0.185 e. The number of ketones is 1. The summed E-state index contributed by atoms with van der Waals surface area (Å²) in [6.07, 6.45) is 3.07. The Balaban J connectivity index is 2.14. The molecule has 0 atom stereocenters. The van der Waals surface area contributed by atoms with Crippen LogP contribution in [0.4, 0.5) is 4.39 Å². The fraction of sp³-hybridized carbons (Fsp3) is 0. The summed E-state index contributed by atoms with van der Waals surface area (Å²) in [4.78, 5) is 11.8. The van der Waals surface area contributed by atoms with Gasteiger partial charge in [0.25, 0.3) is 0 Å². The van der Waals surface area contributed by atoms with Crippen LogP contribution in [0.2, 0.25) is 0 Å². The minimum atomic E-state index is -0.307. The largest absolute Gasteiger partial charge is 0.289 e. The molecule has 90 valence electrons. The summed E-state index contributed by atoms with van der Waals surface area (Å²) in [7, 11) is 0. The van der Waals surface area contributed by atoms with Crippen molar-refractivity contribution in [2.24, 2.45) is 0 Å². The fourth-order valence-electron chi connectivity index (χ4n) is 1.49. The number of carbonyl (C=O) groups is 1. The van der Waals surface area contributed by atoms with Gasteiger partial charge in [-0.3, -0.25) is 4.79 Å². The van der Waals surface area contributed by atoms with Crippen LogP contribution in [-0.4, -0.2) is 5.78 Å². The molecular weight excluding hydrogens is 342 g/mol. The summed E-state index contributed by atoms with van der Waals surface area (Å²) in [6.45, 7) is 0. The maximum atomic E-state index is 12.9. The van der Waals surface area contributed by atoms with Gasteiger partial charge in [-0.15, -0.1) is 0 Å². The first-order valence-electron chi connectivity index (χ1n) is 5.39. The van der Waals surface area contributed by atoms with E-state index < -0.39 is 0 Å². The zero-order valence-corrected chi connectivity index (χ0v) is 11.6. The van der Waals surface area contributed by atoms with Gasteiger partial charge in [0.1, 0.15) is 5.82 Å². The molecule has 0 heterocycles. The van der Waals surface area contributed by atoms with E-state index in [0.717, 1.165) is 3.57 Å². The van der Waals surface area contributed by atoms with Gasteiger partial charge in [-0.25, -0.2) is 4.39 Å². The molecule has 0 saturated carbocycles. The molecule has 0 aromatic heterocycles. The van der Waals surface area contributed by atoms with Crippen molar-refractivity contribution in [2.45, 2.75) is 0 Å². The Morgan fingerprint density at radius 2 is 1.83 bits per heavy atom. The first kappa shape index (κ1) is 13.0. The van der Waals surface area contributed by atoms with E-state index in [1.54, 1.807) is 30.3 Å². The lowest BCUT2D eigenvalue weighted by Gasteiger charge is -1.96. The molecule has 3 heteroatoms. The summed E-state index contributed by atoms with van der Waals surface area (Å²) in [6, 6.07) is 13.4. The van der Waals surface area contributed by atoms with Gasteiger partial charge in [0.15, 0.2) is 5.78 Å². The van der Waals surface area contributed by atoms with Crippen LogP contribution >= 0.6 is 22.6 Å². The van der Waals surface area contributed by atoms with E-state index in [2.05, 4.69) is 22.6 Å². The van der Waals surface area contributed by atoms with Gasteiger partial charge < -0.3 is 0 Å². The second-order valence-corrected chi connectivity index (χ2v) is 5.01. The van der Waals surface area contributed by atoms with E-state index in [1.165, 1.54) is 18.2 Å². The quantitative estimate of drug-likeness (QED) is 0.457. The van der Waals surface area contributed by atoms with Crippen molar-refractivity contribution < 1.29 is 9.18 Å². The van der Waals surface area contributed by atoms with E-state index in [4.69, 9.17) is 0 Å². The molecule has 0 radical (unpaired) electrons. The van der Waals surface area contributed by atoms with E-state index in [-0.39, 0.29) is 11.6 Å². The fourth-order valence-corrected chi connectivity index (χ4v) is 1.85. The Morgan fingerprint density at radius 3 is 2.50 bits per heavy atom. The second kappa shape index (κ2) is 5.91. The van der Waals surface area contributed by atoms with Crippen molar-refractivity contribution in [1.82, 2.24) is 0 Å². The average molecular weight is 352 g/mol. The third-order valence-corrected chi connectivity index (χ3v) is 3.12. The second-order valence-electron chi connectivity index (χ2n) is 3.76. The van der Waals surface area contributed by atoms with Crippen molar-refractivity contribution >= 4 is 34.5 Å². The zero-order chi connectivity index (χ0) is 13.0. The molecule has 0 aliphatic heterocycles. The molecule has 0 fully saturated rings. The topological polar surface area (TPSA) is 17.1 Å². The van der Waals surface area contributed by atoms with E-state index >= 15 is 0 Å². The highest BCUT2D eigenvalue weighted by Gasteiger charge is 2.00. The van der Waals surface area contributed by atoms with Crippen LogP contribution < -0.4 is 0 Å². The number of halogens is 2. The number of hydrogen-bond donors (Lipinski definition) is 0. The molecular formula is C15H10FIO. The number of rotatable bonds is 3. The molecule has 2 rings (SSSR count). The van der Waals surface area contributed by atoms with Crippen molar-refractivity contribution in [1.29, 1.82) is 0 Å². The van der Waals surface area contributed by atoms with Gasteiger partial charge in [0, 0.05) is 9.13 Å². The molecule has 0 aliphatic carbocycles. The first-order chi connectivity index (χ1) is 8.65. The molecule has 18 heavy (non-hydrogen) atoms. The molecule has 0 unspecified atom stereocenters. The van der Waals surface area contributed by atoms with E-state index in [9.17, 15) is 9.18 Å². The molecule has 1 nitrogen and oxygen atoms in total. The Bertz CT molecular complexity index is 588. The third kappa shape index (κ3) is 3.50. The van der Waals surface area contributed by atoms with Crippen LogP contribution in [0, 0.1) is 9.39 Å². The van der Waals surface area contributed by atoms with Crippen molar-refractivity contribution in [3.05, 3.63) is 75.1 Å². The molecule has 0 bridgehead atoms. The predicted octanol–water partition coefficient (Wildman–Crippen LogP) is 4.33. The highest BCUT2D eigenvalue weighted by molar-refractivity contribution is 14.1. The minimum Gasteiger partial charge on any atom is -0.289 e. The zero-order valence-electron chi connectivity index (χ0n) is 9.44. The maximum absolute atomic E-state index is 12.9. The Hall–Kier alpha value is -1.49. The standard InChI is InChI=1S/C15H10FIO/c16-13-3-1-2-11(10-13)4-9-15(18)12-5-7-14(17)8-6-12/h1-10H/b9-4+. The number of carbonyl (C=O) groups excluding carboxylic acids is 1. The Morgan fingerprint density at radius 1 is 1.11 bits per heavy atom. The van der Waals surface area contributed by atoms with Gasteiger partial charge in [-0.05, 0) is 58.5 Å². The summed E-state index contributed by atoms with van der Waals surface area (Å²) in [5, 5.41) is 0. The van der Waals surface area contributed by atoms with Gasteiger partial charge in [0.05, 0.1) is 0 Å². The number of allylic oxidation sites excluding steroid dienone is 1. The van der Waals surface area contributed by atoms with E-state index in [0.29, 0.717) is 11.1 Å². The summed E-state index contributed by atoms with van der Waals surface area (Å²) >= 11 is 2.18. The molecule has 2 aromatic rings. The first-order valence-corrected chi connectivity index (χ1v) is 6.46. The minimum absolute atomic E-state index is 0.0874. The highest BCUT2D eigenvalue weighted by atomic mass is 127.